The van der Waals surface area contributed by atoms with Gasteiger partial charge in [-0.25, -0.2) is 4.98 Å². The van der Waals surface area contributed by atoms with Gasteiger partial charge in [-0.1, -0.05) is 23.7 Å². The predicted octanol–water partition coefficient (Wildman–Crippen LogP) is 3.93. The van der Waals surface area contributed by atoms with E-state index in [0.29, 0.717) is 0 Å². The van der Waals surface area contributed by atoms with Gasteiger partial charge >= 0.3 is 0 Å². The van der Waals surface area contributed by atoms with Crippen molar-refractivity contribution in [3.05, 3.63) is 50.9 Å². The molecule has 2 N–H and O–H groups in total. The minimum absolute atomic E-state index is 0.166. The molecule has 1 aliphatic rings. The van der Waals surface area contributed by atoms with Crippen molar-refractivity contribution in [2.24, 2.45) is 4.99 Å². The van der Waals surface area contributed by atoms with Crippen LogP contribution in [0.3, 0.4) is 0 Å². The molecular weight excluding hydrogens is 352 g/mol. The largest absolute Gasteiger partial charge is 0.357 e. The van der Waals surface area contributed by atoms with Gasteiger partial charge in [0.1, 0.15) is 0 Å². The number of halogens is 1. The van der Waals surface area contributed by atoms with Crippen molar-refractivity contribution < 1.29 is 0 Å². The first kappa shape index (κ1) is 18.2. The second-order valence-electron chi connectivity index (χ2n) is 6.53. The summed E-state index contributed by atoms with van der Waals surface area (Å²) in [6.07, 6.45) is 5.20. The molecule has 1 saturated carbocycles. The maximum absolute atomic E-state index is 6.15. The Labute approximate surface area is 158 Å². The van der Waals surface area contributed by atoms with Crippen LogP contribution in [-0.2, 0) is 11.8 Å². The number of aliphatic imine (C=N–C) groups is 1. The van der Waals surface area contributed by atoms with Crippen LogP contribution in [0, 0.1) is 6.92 Å². The van der Waals surface area contributed by atoms with Crippen LogP contribution in [0.1, 0.15) is 35.2 Å². The van der Waals surface area contributed by atoms with Gasteiger partial charge in [0.05, 0.1) is 11.6 Å². The molecule has 0 atom stereocenters. The van der Waals surface area contributed by atoms with Crippen molar-refractivity contribution in [3.63, 3.8) is 0 Å². The molecule has 0 radical (unpaired) electrons. The molecule has 1 fully saturated rings. The third kappa shape index (κ3) is 4.95. The summed E-state index contributed by atoms with van der Waals surface area (Å²) in [7, 11) is 0. The van der Waals surface area contributed by atoms with E-state index in [4.69, 9.17) is 16.6 Å². The zero-order chi connectivity index (χ0) is 17.7. The summed E-state index contributed by atoms with van der Waals surface area (Å²) in [6, 6.07) is 8.20. The van der Waals surface area contributed by atoms with E-state index in [9.17, 15) is 0 Å². The third-order valence-electron chi connectivity index (χ3n) is 4.48. The van der Waals surface area contributed by atoms with Crippen molar-refractivity contribution in [3.8, 4) is 0 Å². The van der Waals surface area contributed by atoms with Crippen molar-refractivity contribution in [1.82, 2.24) is 15.6 Å². The van der Waals surface area contributed by atoms with Gasteiger partial charge in [-0.05, 0) is 44.4 Å². The van der Waals surface area contributed by atoms with Crippen LogP contribution in [0.2, 0.25) is 5.02 Å². The SMILES string of the molecule is CCNC(=NCC1(c2cccc(Cl)c2)CC1)NCCc1ncc(C)s1. The van der Waals surface area contributed by atoms with Crippen LogP contribution in [-0.4, -0.2) is 30.6 Å². The van der Waals surface area contributed by atoms with Crippen molar-refractivity contribution >= 4 is 28.9 Å². The molecule has 0 unspecified atom stereocenters. The molecule has 1 aromatic carbocycles. The zero-order valence-electron chi connectivity index (χ0n) is 14.8. The molecular formula is C19H25ClN4S. The average molecular weight is 377 g/mol. The summed E-state index contributed by atoms with van der Waals surface area (Å²) < 4.78 is 0. The molecule has 2 aromatic rings. The topological polar surface area (TPSA) is 49.3 Å². The Bertz CT molecular complexity index is 737. The predicted molar refractivity (Wildman–Crippen MR) is 107 cm³/mol. The number of guanidine groups is 1. The van der Waals surface area contributed by atoms with Gasteiger partial charge in [0.25, 0.3) is 0 Å². The van der Waals surface area contributed by atoms with E-state index >= 15 is 0 Å². The van der Waals surface area contributed by atoms with Gasteiger partial charge in [0, 0.05) is 41.0 Å². The monoisotopic (exact) mass is 376 g/mol. The molecule has 1 aliphatic carbocycles. The molecule has 134 valence electrons. The lowest BCUT2D eigenvalue weighted by Crippen LogP contribution is -2.39. The fourth-order valence-corrected chi connectivity index (χ4v) is 3.86. The highest BCUT2D eigenvalue weighted by Gasteiger charge is 2.44. The van der Waals surface area contributed by atoms with Crippen LogP contribution < -0.4 is 10.6 Å². The number of hydrogen-bond donors (Lipinski definition) is 2. The van der Waals surface area contributed by atoms with Gasteiger partial charge in [0.2, 0.25) is 0 Å². The van der Waals surface area contributed by atoms with Gasteiger partial charge in [-0.3, -0.25) is 4.99 Å². The highest BCUT2D eigenvalue weighted by atomic mass is 35.5. The van der Waals surface area contributed by atoms with Gasteiger partial charge in [-0.2, -0.15) is 0 Å². The Morgan fingerprint density at radius 2 is 2.20 bits per heavy atom. The summed E-state index contributed by atoms with van der Waals surface area (Å²) in [5.74, 6) is 0.879. The summed E-state index contributed by atoms with van der Waals surface area (Å²) in [6.45, 7) is 6.66. The normalized spacial score (nSPS) is 15.9. The molecule has 6 heteroatoms. The highest BCUT2D eigenvalue weighted by Crippen LogP contribution is 2.48. The Hall–Kier alpha value is -1.59. The quantitative estimate of drug-likeness (QED) is 0.568. The molecule has 4 nitrogen and oxygen atoms in total. The molecule has 0 aliphatic heterocycles. The minimum atomic E-state index is 0.166. The number of aryl methyl sites for hydroxylation is 1. The average Bonchev–Trinajstić information content (AvgIpc) is 3.28. The number of benzene rings is 1. The van der Waals surface area contributed by atoms with E-state index in [2.05, 4.69) is 41.6 Å². The van der Waals surface area contributed by atoms with Crippen LogP contribution in [0.4, 0.5) is 0 Å². The smallest absolute Gasteiger partial charge is 0.191 e. The molecule has 3 rings (SSSR count). The number of nitrogens with zero attached hydrogens (tertiary/aromatic N) is 2. The molecule has 0 spiro atoms. The maximum Gasteiger partial charge on any atom is 0.191 e. The second kappa shape index (κ2) is 8.19. The van der Waals surface area contributed by atoms with E-state index in [0.717, 1.165) is 37.0 Å². The number of rotatable bonds is 7. The van der Waals surface area contributed by atoms with E-state index in [1.807, 2.05) is 18.3 Å². The maximum atomic E-state index is 6.15. The number of aromatic nitrogens is 1. The van der Waals surface area contributed by atoms with Crippen molar-refractivity contribution in [1.29, 1.82) is 0 Å². The standard InChI is InChI=1S/C19H25ClN4S/c1-3-21-18(22-10-7-17-23-12-14(2)25-17)24-13-19(8-9-19)15-5-4-6-16(20)11-15/h4-6,11-12H,3,7-10,13H2,1-2H3,(H2,21,22,24). The van der Waals surface area contributed by atoms with Crippen LogP contribution in [0.25, 0.3) is 0 Å². The molecule has 0 bridgehead atoms. The lowest BCUT2D eigenvalue weighted by Gasteiger charge is -2.16. The van der Waals surface area contributed by atoms with E-state index in [1.54, 1.807) is 11.3 Å². The Morgan fingerprint density at radius 3 is 2.84 bits per heavy atom. The number of thiazole rings is 1. The van der Waals surface area contributed by atoms with Crippen molar-refractivity contribution in [2.75, 3.05) is 19.6 Å². The lowest BCUT2D eigenvalue weighted by molar-refractivity contribution is 0.692. The highest BCUT2D eigenvalue weighted by molar-refractivity contribution is 7.11. The molecule has 0 saturated heterocycles. The third-order valence-corrected chi connectivity index (χ3v) is 5.68. The first-order chi connectivity index (χ1) is 12.1. The van der Waals surface area contributed by atoms with E-state index in [1.165, 1.54) is 28.3 Å². The van der Waals surface area contributed by atoms with Gasteiger partial charge in [0.15, 0.2) is 5.96 Å². The second-order valence-corrected chi connectivity index (χ2v) is 8.28. The first-order valence-corrected chi connectivity index (χ1v) is 10.0. The van der Waals surface area contributed by atoms with Crippen LogP contribution in [0.15, 0.2) is 35.5 Å². The number of nitrogens with one attached hydrogen (secondary N) is 2. The molecule has 25 heavy (non-hydrogen) atoms. The summed E-state index contributed by atoms with van der Waals surface area (Å²) in [5, 5.41) is 8.72. The van der Waals surface area contributed by atoms with Crippen LogP contribution in [0.5, 0.6) is 0 Å². The minimum Gasteiger partial charge on any atom is -0.357 e. The number of hydrogen-bond acceptors (Lipinski definition) is 3. The summed E-state index contributed by atoms with van der Waals surface area (Å²) in [4.78, 5) is 10.5. The fourth-order valence-electron chi connectivity index (χ4n) is 2.88. The Morgan fingerprint density at radius 1 is 1.36 bits per heavy atom. The Kier molecular flexibility index (Phi) is 5.97. The fraction of sp³-hybridized carbons (Fsp3) is 0.474. The van der Waals surface area contributed by atoms with Gasteiger partial charge < -0.3 is 10.6 Å². The van der Waals surface area contributed by atoms with Crippen LogP contribution >= 0.6 is 22.9 Å². The summed E-state index contributed by atoms with van der Waals surface area (Å²) >= 11 is 7.91. The molecule has 1 heterocycles. The van der Waals surface area contributed by atoms with Crippen molar-refractivity contribution in [2.45, 2.75) is 38.5 Å². The van der Waals surface area contributed by atoms with E-state index in [-0.39, 0.29) is 5.41 Å². The first-order valence-electron chi connectivity index (χ1n) is 8.81. The molecule has 1 aromatic heterocycles. The molecule has 0 amide bonds. The van der Waals surface area contributed by atoms with Gasteiger partial charge in [-0.15, -0.1) is 11.3 Å². The lowest BCUT2D eigenvalue weighted by atomic mass is 9.96. The van der Waals surface area contributed by atoms with E-state index < -0.39 is 0 Å². The zero-order valence-corrected chi connectivity index (χ0v) is 16.4. The summed E-state index contributed by atoms with van der Waals surface area (Å²) in [5.41, 5.74) is 1.47. The Balaban J connectivity index is 1.58.